The van der Waals surface area contributed by atoms with Crippen molar-refractivity contribution in [2.45, 2.75) is 38.3 Å². The molecule has 5 nitrogen and oxygen atoms in total. The predicted octanol–water partition coefficient (Wildman–Crippen LogP) is -0.848. The van der Waals surface area contributed by atoms with Gasteiger partial charge in [-0.2, -0.15) is 0 Å². The van der Waals surface area contributed by atoms with Crippen LogP contribution in [0.3, 0.4) is 0 Å². The number of hydrogen-bond donors (Lipinski definition) is 3. The minimum Gasteiger partial charge on any atom is -0.390 e. The van der Waals surface area contributed by atoms with Crippen LogP contribution in [-0.4, -0.2) is 35.1 Å². The van der Waals surface area contributed by atoms with E-state index in [9.17, 15) is 14.7 Å². The van der Waals surface area contributed by atoms with Crippen LogP contribution >= 0.6 is 0 Å². The standard InChI is InChI=1S/C9H16N2O3/c1-3-10-7(12)8(13)11-6-4-9(2,14)5-6/h6,14H,3-5H2,1-2H3,(H,10,12)(H,11,13). The first-order chi connectivity index (χ1) is 6.44. The van der Waals surface area contributed by atoms with E-state index in [0.29, 0.717) is 19.4 Å². The van der Waals surface area contributed by atoms with Crippen LogP contribution < -0.4 is 10.6 Å². The lowest BCUT2D eigenvalue weighted by atomic mass is 9.77. The van der Waals surface area contributed by atoms with E-state index in [1.807, 2.05) is 0 Å². The molecule has 1 saturated carbocycles. The highest BCUT2D eigenvalue weighted by atomic mass is 16.3. The van der Waals surface area contributed by atoms with Crippen molar-refractivity contribution in [1.29, 1.82) is 0 Å². The van der Waals surface area contributed by atoms with Gasteiger partial charge in [0.15, 0.2) is 0 Å². The number of amides is 2. The highest BCUT2D eigenvalue weighted by molar-refractivity contribution is 6.35. The van der Waals surface area contributed by atoms with Crippen molar-refractivity contribution < 1.29 is 14.7 Å². The van der Waals surface area contributed by atoms with Crippen LogP contribution in [0.5, 0.6) is 0 Å². The van der Waals surface area contributed by atoms with Gasteiger partial charge in [-0.05, 0) is 26.7 Å². The molecule has 0 aromatic rings. The molecule has 1 fully saturated rings. The van der Waals surface area contributed by atoms with E-state index >= 15 is 0 Å². The Morgan fingerprint density at radius 2 is 2.00 bits per heavy atom. The van der Waals surface area contributed by atoms with Crippen LogP contribution in [0.1, 0.15) is 26.7 Å². The molecule has 2 amide bonds. The number of aliphatic hydroxyl groups is 1. The third-order valence-corrected chi connectivity index (χ3v) is 2.25. The normalized spacial score (nSPS) is 30.4. The average Bonchev–Trinajstić information content (AvgIpc) is 2.01. The minimum absolute atomic E-state index is 0.0693. The van der Waals surface area contributed by atoms with Crippen molar-refractivity contribution >= 4 is 11.8 Å². The Kier molecular flexibility index (Phi) is 3.10. The monoisotopic (exact) mass is 200 g/mol. The average molecular weight is 200 g/mol. The van der Waals surface area contributed by atoms with Gasteiger partial charge in [-0.15, -0.1) is 0 Å². The maximum absolute atomic E-state index is 11.1. The number of nitrogens with one attached hydrogen (secondary N) is 2. The van der Waals surface area contributed by atoms with E-state index in [2.05, 4.69) is 10.6 Å². The van der Waals surface area contributed by atoms with E-state index in [1.54, 1.807) is 13.8 Å². The van der Waals surface area contributed by atoms with Gasteiger partial charge < -0.3 is 15.7 Å². The quantitative estimate of drug-likeness (QED) is 0.508. The molecular formula is C9H16N2O3. The van der Waals surface area contributed by atoms with Gasteiger partial charge in [-0.25, -0.2) is 0 Å². The molecule has 14 heavy (non-hydrogen) atoms. The van der Waals surface area contributed by atoms with Crippen LogP contribution in [0, 0.1) is 0 Å². The molecule has 0 aromatic carbocycles. The van der Waals surface area contributed by atoms with Crippen LogP contribution in [0.4, 0.5) is 0 Å². The Morgan fingerprint density at radius 3 is 2.43 bits per heavy atom. The molecule has 1 aliphatic carbocycles. The zero-order chi connectivity index (χ0) is 10.8. The zero-order valence-corrected chi connectivity index (χ0v) is 8.46. The van der Waals surface area contributed by atoms with Gasteiger partial charge in [-0.1, -0.05) is 0 Å². The van der Waals surface area contributed by atoms with Crippen molar-refractivity contribution in [1.82, 2.24) is 10.6 Å². The molecule has 0 saturated heterocycles. The van der Waals surface area contributed by atoms with Gasteiger partial charge in [0.05, 0.1) is 5.60 Å². The SMILES string of the molecule is CCNC(=O)C(=O)NC1CC(C)(O)C1. The Hall–Kier alpha value is -1.10. The summed E-state index contributed by atoms with van der Waals surface area (Å²) in [6, 6.07) is -0.0693. The smallest absolute Gasteiger partial charge is 0.309 e. The second-order valence-electron chi connectivity index (χ2n) is 3.94. The summed E-state index contributed by atoms with van der Waals surface area (Å²) in [5, 5.41) is 14.3. The second-order valence-corrected chi connectivity index (χ2v) is 3.94. The molecular weight excluding hydrogens is 184 g/mol. The molecule has 5 heteroatoms. The summed E-state index contributed by atoms with van der Waals surface area (Å²) in [6.45, 7) is 3.90. The van der Waals surface area contributed by atoms with Crippen LogP contribution in [0.2, 0.25) is 0 Å². The molecule has 0 radical (unpaired) electrons. The summed E-state index contributed by atoms with van der Waals surface area (Å²) in [7, 11) is 0. The van der Waals surface area contributed by atoms with E-state index in [1.165, 1.54) is 0 Å². The Balaban J connectivity index is 2.26. The summed E-state index contributed by atoms with van der Waals surface area (Å²) in [6.07, 6.45) is 1.02. The number of likely N-dealkylation sites (N-methyl/N-ethyl adjacent to an activating group) is 1. The molecule has 1 rings (SSSR count). The number of carbonyl (C=O) groups is 2. The van der Waals surface area contributed by atoms with Crippen molar-refractivity contribution in [3.05, 3.63) is 0 Å². The lowest BCUT2D eigenvalue weighted by molar-refractivity contribution is -0.141. The second kappa shape index (κ2) is 3.96. The lowest BCUT2D eigenvalue weighted by Gasteiger charge is -2.40. The molecule has 0 aromatic heterocycles. The fourth-order valence-corrected chi connectivity index (χ4v) is 1.60. The third-order valence-electron chi connectivity index (χ3n) is 2.25. The fourth-order valence-electron chi connectivity index (χ4n) is 1.60. The minimum atomic E-state index is -0.681. The molecule has 0 heterocycles. The molecule has 80 valence electrons. The van der Waals surface area contributed by atoms with E-state index in [-0.39, 0.29) is 6.04 Å². The van der Waals surface area contributed by atoms with Crippen LogP contribution in [0.25, 0.3) is 0 Å². The first-order valence-electron chi connectivity index (χ1n) is 4.75. The van der Waals surface area contributed by atoms with Crippen LogP contribution in [0.15, 0.2) is 0 Å². The van der Waals surface area contributed by atoms with Crippen molar-refractivity contribution in [2.75, 3.05) is 6.54 Å². The zero-order valence-electron chi connectivity index (χ0n) is 8.46. The van der Waals surface area contributed by atoms with E-state index in [0.717, 1.165) is 0 Å². The summed E-state index contributed by atoms with van der Waals surface area (Å²) < 4.78 is 0. The first-order valence-corrected chi connectivity index (χ1v) is 4.75. The predicted molar refractivity (Wildman–Crippen MR) is 50.5 cm³/mol. The van der Waals surface area contributed by atoms with Gasteiger partial charge >= 0.3 is 11.8 Å². The Morgan fingerprint density at radius 1 is 1.43 bits per heavy atom. The van der Waals surface area contributed by atoms with Crippen molar-refractivity contribution in [2.24, 2.45) is 0 Å². The van der Waals surface area contributed by atoms with Gasteiger partial charge in [0, 0.05) is 12.6 Å². The lowest BCUT2D eigenvalue weighted by Crippen LogP contribution is -2.55. The summed E-state index contributed by atoms with van der Waals surface area (Å²) >= 11 is 0. The van der Waals surface area contributed by atoms with Gasteiger partial charge in [0.25, 0.3) is 0 Å². The van der Waals surface area contributed by atoms with Crippen LogP contribution in [-0.2, 0) is 9.59 Å². The third kappa shape index (κ3) is 2.70. The largest absolute Gasteiger partial charge is 0.390 e. The highest BCUT2D eigenvalue weighted by Crippen LogP contribution is 2.31. The summed E-state index contributed by atoms with van der Waals surface area (Å²) in [5.74, 6) is -1.23. The number of carbonyl (C=O) groups excluding carboxylic acids is 2. The molecule has 3 N–H and O–H groups in total. The molecule has 0 atom stereocenters. The van der Waals surface area contributed by atoms with Crippen molar-refractivity contribution in [3.63, 3.8) is 0 Å². The molecule has 0 bridgehead atoms. The Labute approximate surface area is 82.9 Å². The van der Waals surface area contributed by atoms with Gasteiger partial charge in [0.1, 0.15) is 0 Å². The maximum atomic E-state index is 11.1. The van der Waals surface area contributed by atoms with E-state index < -0.39 is 17.4 Å². The van der Waals surface area contributed by atoms with Gasteiger partial charge in [-0.3, -0.25) is 9.59 Å². The maximum Gasteiger partial charge on any atom is 0.309 e. The van der Waals surface area contributed by atoms with Gasteiger partial charge in [0.2, 0.25) is 0 Å². The van der Waals surface area contributed by atoms with Crippen molar-refractivity contribution in [3.8, 4) is 0 Å². The number of hydrogen-bond acceptors (Lipinski definition) is 3. The Bertz CT molecular complexity index is 242. The first kappa shape index (κ1) is 11.0. The van der Waals surface area contributed by atoms with E-state index in [4.69, 9.17) is 0 Å². The fraction of sp³-hybridized carbons (Fsp3) is 0.778. The summed E-state index contributed by atoms with van der Waals surface area (Å²) in [5.41, 5.74) is -0.681. The number of rotatable bonds is 2. The molecule has 0 aliphatic heterocycles. The molecule has 0 spiro atoms. The highest BCUT2D eigenvalue weighted by Gasteiger charge is 2.39. The topological polar surface area (TPSA) is 78.4 Å². The summed E-state index contributed by atoms with van der Waals surface area (Å²) in [4.78, 5) is 22.1. The molecule has 0 unspecified atom stereocenters. The molecule has 1 aliphatic rings.